The van der Waals surface area contributed by atoms with Crippen LogP contribution < -0.4 is 0 Å². The van der Waals surface area contributed by atoms with E-state index < -0.39 is 0 Å². The Hall–Kier alpha value is -0.910. The lowest BCUT2D eigenvalue weighted by atomic mass is 9.32. The lowest BCUT2D eigenvalue weighted by molar-refractivity contribution is -0.438. The van der Waals surface area contributed by atoms with Gasteiger partial charge in [0.1, 0.15) is 24.7 Å². The van der Waals surface area contributed by atoms with Crippen LogP contribution in [0.3, 0.4) is 0 Å². The maximum absolute atomic E-state index is 12.3. The maximum atomic E-state index is 12.3. The fourth-order valence-electron chi connectivity index (χ4n) is 10.1. The molecule has 158 valence electrons. The minimum Gasteiger partial charge on any atom is -0.459 e. The maximum Gasteiger partial charge on any atom is 0.303 e. The monoisotopic (exact) mass is 399 g/mol. The molecule has 9 aliphatic rings. The average molecular weight is 400 g/mol. The Morgan fingerprint density at radius 2 is 2.14 bits per heavy atom. The molecule has 29 heavy (non-hydrogen) atoms. The van der Waals surface area contributed by atoms with Gasteiger partial charge in [0.15, 0.2) is 0 Å². The number of fused-ring (bicyclic) bond motifs is 4. The summed E-state index contributed by atoms with van der Waals surface area (Å²) in [4.78, 5) is 14.9. The molecule has 5 nitrogen and oxygen atoms in total. The van der Waals surface area contributed by atoms with E-state index in [-0.39, 0.29) is 46.9 Å². The van der Waals surface area contributed by atoms with Crippen LogP contribution in [-0.2, 0) is 19.0 Å². The number of rotatable bonds is 1. The predicted molar refractivity (Wildman–Crippen MR) is 106 cm³/mol. The molecule has 9 fully saturated rings. The fraction of sp³-hybridized carbons (Fsp3) is 0.875. The van der Waals surface area contributed by atoms with E-state index in [1.807, 2.05) is 0 Å². The first-order chi connectivity index (χ1) is 13.9. The van der Waals surface area contributed by atoms with Crippen LogP contribution in [0.1, 0.15) is 58.8 Å². The molecule has 9 rings (SSSR count). The second-order valence-corrected chi connectivity index (χ2v) is 11.5. The van der Waals surface area contributed by atoms with Crippen LogP contribution in [0, 0.1) is 34.0 Å². The molecule has 0 amide bonds. The van der Waals surface area contributed by atoms with Gasteiger partial charge in [-0.3, -0.25) is 4.79 Å². The predicted octanol–water partition coefficient (Wildman–Crippen LogP) is 3.48. The van der Waals surface area contributed by atoms with Crippen molar-refractivity contribution in [3.63, 3.8) is 0 Å². The quantitative estimate of drug-likeness (QED) is 0.499. The molecule has 7 bridgehead atoms. The largest absolute Gasteiger partial charge is 0.459 e. The molecule has 2 spiro atoms. The third-order valence-electron chi connectivity index (χ3n) is 10.6. The van der Waals surface area contributed by atoms with Gasteiger partial charge >= 0.3 is 5.97 Å². The van der Waals surface area contributed by atoms with Crippen LogP contribution in [0.5, 0.6) is 0 Å². The summed E-state index contributed by atoms with van der Waals surface area (Å²) >= 11 is 0. The summed E-state index contributed by atoms with van der Waals surface area (Å²) in [6.45, 7) is 10.2. The summed E-state index contributed by atoms with van der Waals surface area (Å²) in [5.41, 5.74) is 1.66. The lowest BCUT2D eigenvalue weighted by Crippen LogP contribution is -2.85. The van der Waals surface area contributed by atoms with Crippen molar-refractivity contribution in [2.45, 2.75) is 83.5 Å². The van der Waals surface area contributed by atoms with E-state index in [4.69, 9.17) is 14.2 Å². The van der Waals surface area contributed by atoms with Crippen molar-refractivity contribution in [1.29, 1.82) is 0 Å². The van der Waals surface area contributed by atoms with Crippen LogP contribution in [0.15, 0.2) is 12.2 Å². The van der Waals surface area contributed by atoms with Crippen molar-refractivity contribution in [1.82, 2.24) is 4.90 Å². The van der Waals surface area contributed by atoms with Gasteiger partial charge in [-0.25, -0.2) is 4.90 Å². The first-order valence-electron chi connectivity index (χ1n) is 11.8. The molecular formula is C24H33NO4. The van der Waals surface area contributed by atoms with Crippen LogP contribution in [0.2, 0.25) is 0 Å². The van der Waals surface area contributed by atoms with Crippen molar-refractivity contribution in [2.24, 2.45) is 34.0 Å². The summed E-state index contributed by atoms with van der Waals surface area (Å²) in [6, 6.07) is 0. The molecule has 4 heterocycles. The first kappa shape index (κ1) is 17.7. The minimum absolute atomic E-state index is 0.00486. The number of hydrogen-bond donors (Lipinski definition) is 0. The van der Waals surface area contributed by atoms with Crippen molar-refractivity contribution in [2.75, 3.05) is 13.2 Å². The number of esters is 1. The van der Waals surface area contributed by atoms with E-state index in [1.54, 1.807) is 6.92 Å². The van der Waals surface area contributed by atoms with Crippen LogP contribution >= 0.6 is 0 Å². The summed E-state index contributed by atoms with van der Waals surface area (Å²) in [7, 11) is 0. The standard InChI is InChI=1S/C24H33NO4/c1-13-12-23-8-5-15(13)11-16(23)24-7-4-6-22(3)18(24)17(28-14(2)26)19(23)29-21(24)25-9-10-27-20(22)25/h15-21H,1,4-12H2,2-3H3/t15-,16+,17-,18?,19+,20-,21+,22-,23+,24+/m0/s1. The van der Waals surface area contributed by atoms with E-state index in [0.717, 1.165) is 26.0 Å². The number of hydrogen-bond acceptors (Lipinski definition) is 5. The highest BCUT2D eigenvalue weighted by atomic mass is 16.6. The van der Waals surface area contributed by atoms with Crippen molar-refractivity contribution >= 4 is 5.97 Å². The average Bonchev–Trinajstić information content (AvgIpc) is 3.17. The van der Waals surface area contributed by atoms with Crippen molar-refractivity contribution in [3.05, 3.63) is 12.2 Å². The number of carbonyl (C=O) groups excluding carboxylic acids is 1. The SMILES string of the molecule is C=C1C[C@]23CC[C@H]1C[C@H]2[C@]12CCC[C@@]4(C)C1[C@H](OC(C)=O)[C@H]3O[C@H]2N1CCO[C@H]14. The Bertz CT molecular complexity index is 813. The summed E-state index contributed by atoms with van der Waals surface area (Å²) in [5.74, 6) is 1.54. The molecule has 0 aromatic carbocycles. The Balaban J connectivity index is 1.47. The van der Waals surface area contributed by atoms with Gasteiger partial charge in [-0.05, 0) is 50.4 Å². The van der Waals surface area contributed by atoms with Gasteiger partial charge < -0.3 is 14.2 Å². The lowest BCUT2D eigenvalue weighted by Gasteiger charge is -2.80. The highest BCUT2D eigenvalue weighted by Gasteiger charge is 2.82. The Morgan fingerprint density at radius 3 is 2.93 bits per heavy atom. The summed E-state index contributed by atoms with van der Waals surface area (Å²) in [5, 5.41) is 0. The molecule has 5 heteroatoms. The highest BCUT2D eigenvalue weighted by Crippen LogP contribution is 2.79. The zero-order valence-corrected chi connectivity index (χ0v) is 17.7. The van der Waals surface area contributed by atoms with Gasteiger partial charge in [-0.15, -0.1) is 0 Å². The van der Waals surface area contributed by atoms with Gasteiger partial charge in [0.2, 0.25) is 0 Å². The molecule has 5 aliphatic carbocycles. The number of carbonyl (C=O) groups is 1. The van der Waals surface area contributed by atoms with Crippen molar-refractivity contribution in [3.8, 4) is 0 Å². The van der Waals surface area contributed by atoms with Crippen LogP contribution in [0.4, 0.5) is 0 Å². The summed E-state index contributed by atoms with van der Waals surface area (Å²) in [6.07, 6.45) is 8.49. The number of ether oxygens (including phenoxy) is 3. The molecule has 5 saturated carbocycles. The molecular weight excluding hydrogens is 366 g/mol. The van der Waals surface area contributed by atoms with E-state index in [0.29, 0.717) is 17.8 Å². The Morgan fingerprint density at radius 1 is 1.28 bits per heavy atom. The topological polar surface area (TPSA) is 48.0 Å². The van der Waals surface area contributed by atoms with Gasteiger partial charge in [0, 0.05) is 35.6 Å². The third-order valence-corrected chi connectivity index (χ3v) is 10.6. The molecule has 0 aromatic heterocycles. The molecule has 0 N–H and O–H groups in total. The molecule has 1 unspecified atom stereocenters. The fourth-order valence-corrected chi connectivity index (χ4v) is 10.1. The van der Waals surface area contributed by atoms with E-state index in [9.17, 15) is 4.79 Å². The van der Waals surface area contributed by atoms with Gasteiger partial charge in [0.05, 0.1) is 6.61 Å². The van der Waals surface area contributed by atoms with Gasteiger partial charge in [-0.2, -0.15) is 0 Å². The molecule has 10 atom stereocenters. The first-order valence-corrected chi connectivity index (χ1v) is 11.8. The van der Waals surface area contributed by atoms with E-state index in [1.165, 1.54) is 37.7 Å². The number of nitrogens with zero attached hydrogens (tertiary/aromatic N) is 1. The van der Waals surface area contributed by atoms with Crippen molar-refractivity contribution < 1.29 is 19.0 Å². The second kappa shape index (κ2) is 5.28. The Kier molecular flexibility index (Phi) is 3.23. The van der Waals surface area contributed by atoms with E-state index in [2.05, 4.69) is 18.4 Å². The third kappa shape index (κ3) is 1.77. The van der Waals surface area contributed by atoms with Gasteiger partial charge in [0.25, 0.3) is 0 Å². The molecule has 0 aromatic rings. The zero-order chi connectivity index (χ0) is 19.8. The molecule has 4 aliphatic heterocycles. The smallest absolute Gasteiger partial charge is 0.303 e. The normalized spacial score (nSPS) is 59.4. The van der Waals surface area contributed by atoms with Crippen LogP contribution in [-0.4, -0.2) is 48.7 Å². The molecule has 4 saturated heterocycles. The minimum atomic E-state index is -0.160. The van der Waals surface area contributed by atoms with E-state index >= 15 is 0 Å². The second-order valence-electron chi connectivity index (χ2n) is 11.5. The molecule has 0 radical (unpaired) electrons. The van der Waals surface area contributed by atoms with Gasteiger partial charge in [-0.1, -0.05) is 25.5 Å². The zero-order valence-electron chi connectivity index (χ0n) is 17.7. The highest BCUT2D eigenvalue weighted by molar-refractivity contribution is 5.66. The number of allylic oxidation sites excluding steroid dienone is 1. The number of piperidine rings is 1. The summed E-state index contributed by atoms with van der Waals surface area (Å²) < 4.78 is 19.6. The Labute approximate surface area is 173 Å². The van der Waals surface area contributed by atoms with Crippen LogP contribution in [0.25, 0.3) is 0 Å².